The van der Waals surface area contributed by atoms with Crippen molar-refractivity contribution in [2.75, 3.05) is 11.9 Å². The Bertz CT molecular complexity index is 431. The van der Waals surface area contributed by atoms with Gasteiger partial charge in [0.1, 0.15) is 11.5 Å². The van der Waals surface area contributed by atoms with Crippen molar-refractivity contribution in [1.29, 1.82) is 0 Å². The molecule has 6 heteroatoms. The molecule has 1 aromatic heterocycles. The van der Waals surface area contributed by atoms with Gasteiger partial charge in [-0.25, -0.2) is 4.98 Å². The third-order valence-electron chi connectivity index (χ3n) is 3.00. The Hall–Kier alpha value is -1.69. The predicted octanol–water partition coefficient (Wildman–Crippen LogP) is 1.45. The minimum Gasteiger partial charge on any atom is -0.368 e. The molecule has 92 valence electrons. The van der Waals surface area contributed by atoms with Gasteiger partial charge in [0.15, 0.2) is 0 Å². The topological polar surface area (TPSA) is 94.1 Å². The first-order valence-electron chi connectivity index (χ1n) is 5.69. The number of hydrogen-bond acceptors (Lipinski definition) is 5. The largest absolute Gasteiger partial charge is 0.368 e. The molecule has 1 atom stereocenters. The fraction of sp³-hybridized carbons (Fsp3) is 0.545. The lowest BCUT2D eigenvalue weighted by Crippen LogP contribution is -2.31. The van der Waals surface area contributed by atoms with Gasteiger partial charge in [0.05, 0.1) is 4.92 Å². The van der Waals surface area contributed by atoms with Gasteiger partial charge in [-0.1, -0.05) is 0 Å². The molecule has 0 aromatic carbocycles. The lowest BCUT2D eigenvalue weighted by Gasteiger charge is -2.12. The van der Waals surface area contributed by atoms with E-state index in [-0.39, 0.29) is 11.7 Å². The van der Waals surface area contributed by atoms with Crippen molar-refractivity contribution >= 4 is 11.5 Å². The molecule has 1 fully saturated rings. The minimum atomic E-state index is -0.429. The number of aryl methyl sites for hydroxylation is 1. The number of aromatic nitrogens is 1. The van der Waals surface area contributed by atoms with E-state index in [9.17, 15) is 10.1 Å². The average molecular weight is 236 g/mol. The Morgan fingerprint density at radius 3 is 2.88 bits per heavy atom. The van der Waals surface area contributed by atoms with Crippen LogP contribution < -0.4 is 11.1 Å². The molecule has 0 amide bonds. The summed E-state index contributed by atoms with van der Waals surface area (Å²) in [6, 6.07) is 3.23. The molecule has 1 unspecified atom stereocenters. The summed E-state index contributed by atoms with van der Waals surface area (Å²) in [5.74, 6) is 1.27. The van der Waals surface area contributed by atoms with E-state index in [1.807, 2.05) is 0 Å². The SMILES string of the molecule is Cc1nc(NCC(N)C2CC2)ccc1[N+](=O)[O-]. The Labute approximate surface area is 99.4 Å². The summed E-state index contributed by atoms with van der Waals surface area (Å²) < 4.78 is 0. The highest BCUT2D eigenvalue weighted by atomic mass is 16.6. The van der Waals surface area contributed by atoms with E-state index >= 15 is 0 Å². The zero-order valence-corrected chi connectivity index (χ0v) is 9.72. The molecular formula is C11H16N4O2. The van der Waals surface area contributed by atoms with Crippen LogP contribution in [0.15, 0.2) is 12.1 Å². The van der Waals surface area contributed by atoms with Gasteiger partial charge in [-0.2, -0.15) is 0 Å². The van der Waals surface area contributed by atoms with Crippen LogP contribution in [0, 0.1) is 23.0 Å². The number of nitro groups is 1. The van der Waals surface area contributed by atoms with Crippen LogP contribution in [0.3, 0.4) is 0 Å². The van der Waals surface area contributed by atoms with Gasteiger partial charge in [0.25, 0.3) is 5.69 Å². The van der Waals surface area contributed by atoms with Crippen LogP contribution in [0.4, 0.5) is 11.5 Å². The van der Waals surface area contributed by atoms with Crippen molar-refractivity contribution in [2.45, 2.75) is 25.8 Å². The standard InChI is InChI=1S/C11H16N4O2/c1-7-10(15(16)17)4-5-11(14-7)13-6-9(12)8-2-3-8/h4-5,8-9H,2-3,6,12H2,1H3,(H,13,14). The summed E-state index contributed by atoms with van der Waals surface area (Å²) in [6.07, 6.45) is 2.41. The molecular weight excluding hydrogens is 220 g/mol. The first-order chi connectivity index (χ1) is 8.08. The van der Waals surface area contributed by atoms with Gasteiger partial charge < -0.3 is 11.1 Å². The second-order valence-corrected chi connectivity index (χ2v) is 4.44. The highest BCUT2D eigenvalue weighted by Crippen LogP contribution is 2.31. The molecule has 3 N–H and O–H groups in total. The highest BCUT2D eigenvalue weighted by Gasteiger charge is 2.28. The van der Waals surface area contributed by atoms with Crippen molar-refractivity contribution < 1.29 is 4.92 Å². The van der Waals surface area contributed by atoms with Gasteiger partial charge in [0, 0.05) is 18.7 Å². The molecule has 1 aromatic rings. The van der Waals surface area contributed by atoms with Crippen LogP contribution in [0.2, 0.25) is 0 Å². The van der Waals surface area contributed by atoms with Crippen molar-refractivity contribution in [3.8, 4) is 0 Å². The molecule has 6 nitrogen and oxygen atoms in total. The maximum atomic E-state index is 10.6. The zero-order chi connectivity index (χ0) is 12.4. The molecule has 2 rings (SSSR count). The third kappa shape index (κ3) is 2.91. The van der Waals surface area contributed by atoms with E-state index in [0.717, 1.165) is 0 Å². The van der Waals surface area contributed by atoms with E-state index < -0.39 is 4.92 Å². The third-order valence-corrected chi connectivity index (χ3v) is 3.00. The lowest BCUT2D eigenvalue weighted by molar-refractivity contribution is -0.385. The Kier molecular flexibility index (Phi) is 3.23. The van der Waals surface area contributed by atoms with E-state index in [1.54, 1.807) is 13.0 Å². The van der Waals surface area contributed by atoms with Crippen molar-refractivity contribution in [3.05, 3.63) is 27.9 Å². The fourth-order valence-corrected chi connectivity index (χ4v) is 1.76. The Morgan fingerprint density at radius 1 is 1.65 bits per heavy atom. The molecule has 1 aliphatic carbocycles. The van der Waals surface area contributed by atoms with E-state index in [0.29, 0.717) is 24.0 Å². The van der Waals surface area contributed by atoms with Crippen molar-refractivity contribution in [2.24, 2.45) is 11.7 Å². The molecule has 1 saturated carbocycles. The number of nitrogens with zero attached hydrogens (tertiary/aromatic N) is 2. The zero-order valence-electron chi connectivity index (χ0n) is 9.72. The molecule has 0 saturated heterocycles. The summed E-state index contributed by atoms with van der Waals surface area (Å²) in [5, 5.41) is 13.7. The maximum Gasteiger partial charge on any atom is 0.290 e. The number of hydrogen-bond donors (Lipinski definition) is 2. The van der Waals surface area contributed by atoms with Crippen molar-refractivity contribution in [3.63, 3.8) is 0 Å². The number of nitrogens with one attached hydrogen (secondary N) is 1. The van der Waals surface area contributed by atoms with Crippen LogP contribution in [0.5, 0.6) is 0 Å². The second kappa shape index (κ2) is 4.67. The molecule has 0 aliphatic heterocycles. The molecule has 1 heterocycles. The Morgan fingerprint density at radius 2 is 2.35 bits per heavy atom. The Balaban J connectivity index is 1.97. The van der Waals surface area contributed by atoms with Gasteiger partial charge in [-0.3, -0.25) is 10.1 Å². The average Bonchev–Trinajstić information content (AvgIpc) is 3.09. The normalized spacial score (nSPS) is 16.6. The number of anilines is 1. The number of nitrogens with two attached hydrogens (primary N) is 1. The van der Waals surface area contributed by atoms with E-state index in [1.165, 1.54) is 18.9 Å². The van der Waals surface area contributed by atoms with E-state index in [2.05, 4.69) is 10.3 Å². The van der Waals surface area contributed by atoms with Gasteiger partial charge in [-0.05, 0) is 31.7 Å². The van der Waals surface area contributed by atoms with Crippen molar-refractivity contribution in [1.82, 2.24) is 4.98 Å². The number of pyridine rings is 1. The smallest absolute Gasteiger partial charge is 0.290 e. The van der Waals surface area contributed by atoms with Crippen LogP contribution >= 0.6 is 0 Å². The molecule has 17 heavy (non-hydrogen) atoms. The molecule has 0 spiro atoms. The fourth-order valence-electron chi connectivity index (χ4n) is 1.76. The van der Waals surface area contributed by atoms with Crippen LogP contribution in [0.25, 0.3) is 0 Å². The van der Waals surface area contributed by atoms with Gasteiger partial charge in [-0.15, -0.1) is 0 Å². The first-order valence-corrected chi connectivity index (χ1v) is 5.69. The summed E-state index contributed by atoms with van der Waals surface area (Å²) in [6.45, 7) is 2.29. The summed E-state index contributed by atoms with van der Waals surface area (Å²) in [4.78, 5) is 14.3. The minimum absolute atomic E-state index is 0.0436. The van der Waals surface area contributed by atoms with Crippen LogP contribution in [0.1, 0.15) is 18.5 Å². The summed E-state index contributed by atoms with van der Waals surface area (Å²) in [7, 11) is 0. The van der Waals surface area contributed by atoms with E-state index in [4.69, 9.17) is 5.73 Å². The quantitative estimate of drug-likeness (QED) is 0.596. The monoisotopic (exact) mass is 236 g/mol. The first kappa shape index (κ1) is 11.8. The van der Waals surface area contributed by atoms with Gasteiger partial charge in [0.2, 0.25) is 0 Å². The lowest BCUT2D eigenvalue weighted by atomic mass is 10.2. The summed E-state index contributed by atoms with van der Waals surface area (Å²) >= 11 is 0. The second-order valence-electron chi connectivity index (χ2n) is 4.44. The van der Waals surface area contributed by atoms with Crippen LogP contribution in [-0.4, -0.2) is 22.5 Å². The molecule has 0 bridgehead atoms. The molecule has 0 radical (unpaired) electrons. The summed E-state index contributed by atoms with van der Waals surface area (Å²) in [5.41, 5.74) is 6.40. The number of rotatable bonds is 5. The highest BCUT2D eigenvalue weighted by molar-refractivity contribution is 5.44. The molecule has 1 aliphatic rings. The van der Waals surface area contributed by atoms with Gasteiger partial charge >= 0.3 is 0 Å². The predicted molar refractivity (Wildman–Crippen MR) is 64.8 cm³/mol. The van der Waals surface area contributed by atoms with Crippen LogP contribution in [-0.2, 0) is 0 Å². The maximum absolute atomic E-state index is 10.6.